The maximum Gasteiger partial charge on any atom is 0.309 e. The third-order valence-corrected chi connectivity index (χ3v) is 2.68. The third kappa shape index (κ3) is 2.28. The van der Waals surface area contributed by atoms with Crippen LogP contribution >= 0.6 is 0 Å². The predicted molar refractivity (Wildman–Crippen MR) is 42.5 cm³/mol. The van der Waals surface area contributed by atoms with Crippen LogP contribution < -0.4 is 0 Å². The largest absolute Gasteiger partial charge is 0.450 e. The molecule has 0 radical (unpaired) electrons. The molecule has 0 bridgehead atoms. The van der Waals surface area contributed by atoms with E-state index in [0.29, 0.717) is 5.76 Å². The van der Waals surface area contributed by atoms with Crippen LogP contribution in [0.25, 0.3) is 0 Å². The Bertz CT molecular complexity index is 418. The maximum absolute atomic E-state index is 11.1. The van der Waals surface area contributed by atoms with E-state index in [4.69, 9.17) is 4.42 Å². The molecule has 1 aromatic heterocycles. The second-order valence-corrected chi connectivity index (χ2v) is 4.33. The number of nitrogens with zero attached hydrogens (tertiary/aromatic N) is 1. The van der Waals surface area contributed by atoms with E-state index in [0.717, 1.165) is 0 Å². The van der Waals surface area contributed by atoms with Crippen LogP contribution in [0.5, 0.6) is 0 Å². The summed E-state index contributed by atoms with van der Waals surface area (Å²) in [5, 5.41) is 9.62. The van der Waals surface area contributed by atoms with Gasteiger partial charge in [0.25, 0.3) is 9.84 Å². The van der Waals surface area contributed by atoms with Crippen molar-refractivity contribution in [2.24, 2.45) is 0 Å². The molecule has 6 nitrogen and oxygen atoms in total. The molecule has 0 N–H and O–H groups in total. The standard InChI is InChI=1S/C6H7NO5S/c1-5-2-3-6(12-5)13(10,11)4-7(8)9/h2-3H,4H2,1H3. The molecule has 0 amide bonds. The number of hydrogen-bond acceptors (Lipinski definition) is 5. The van der Waals surface area contributed by atoms with Gasteiger partial charge in [0.1, 0.15) is 5.76 Å². The second kappa shape index (κ2) is 3.17. The van der Waals surface area contributed by atoms with E-state index >= 15 is 0 Å². The van der Waals surface area contributed by atoms with Gasteiger partial charge in [0.15, 0.2) is 0 Å². The third-order valence-electron chi connectivity index (χ3n) is 1.30. The molecule has 1 aromatic rings. The van der Waals surface area contributed by atoms with Crippen molar-refractivity contribution in [2.75, 3.05) is 5.88 Å². The molecule has 0 aromatic carbocycles. The Kier molecular flexibility index (Phi) is 2.37. The minimum atomic E-state index is -3.90. The van der Waals surface area contributed by atoms with E-state index < -0.39 is 20.6 Å². The summed E-state index contributed by atoms with van der Waals surface area (Å²) in [6.07, 6.45) is 0. The zero-order chi connectivity index (χ0) is 10.1. The number of aryl methyl sites for hydroxylation is 1. The van der Waals surface area contributed by atoms with Crippen LogP contribution in [0.4, 0.5) is 0 Å². The van der Waals surface area contributed by atoms with Crippen molar-refractivity contribution in [1.82, 2.24) is 0 Å². The quantitative estimate of drug-likeness (QED) is 0.532. The number of rotatable bonds is 3. The Balaban J connectivity index is 3.01. The molecule has 13 heavy (non-hydrogen) atoms. The van der Waals surface area contributed by atoms with Gasteiger partial charge in [0.2, 0.25) is 5.09 Å². The van der Waals surface area contributed by atoms with E-state index in [9.17, 15) is 18.5 Å². The minimum absolute atomic E-state index is 0.360. The van der Waals surface area contributed by atoms with Gasteiger partial charge < -0.3 is 4.42 Å². The molecule has 72 valence electrons. The molecule has 0 aliphatic heterocycles. The van der Waals surface area contributed by atoms with Gasteiger partial charge in [-0.05, 0) is 19.1 Å². The van der Waals surface area contributed by atoms with Crippen molar-refractivity contribution in [3.8, 4) is 0 Å². The van der Waals surface area contributed by atoms with Crippen molar-refractivity contribution in [1.29, 1.82) is 0 Å². The Labute approximate surface area is 74.2 Å². The molecule has 0 saturated heterocycles. The molecule has 0 fully saturated rings. The fourth-order valence-electron chi connectivity index (χ4n) is 0.782. The van der Waals surface area contributed by atoms with Gasteiger partial charge in [-0.15, -0.1) is 0 Å². The van der Waals surface area contributed by atoms with Crippen LogP contribution in [0.15, 0.2) is 21.6 Å². The van der Waals surface area contributed by atoms with Crippen LogP contribution in [0.1, 0.15) is 5.76 Å². The van der Waals surface area contributed by atoms with E-state index in [2.05, 4.69) is 0 Å². The van der Waals surface area contributed by atoms with Crippen molar-refractivity contribution in [2.45, 2.75) is 12.0 Å². The van der Waals surface area contributed by atoms with E-state index in [1.807, 2.05) is 0 Å². The fraction of sp³-hybridized carbons (Fsp3) is 0.333. The summed E-state index contributed by atoms with van der Waals surface area (Å²) in [5.74, 6) is -0.734. The SMILES string of the molecule is Cc1ccc(S(=O)(=O)C[N+](=O)[O-])o1. The highest BCUT2D eigenvalue weighted by molar-refractivity contribution is 7.91. The van der Waals surface area contributed by atoms with E-state index in [1.165, 1.54) is 12.1 Å². The van der Waals surface area contributed by atoms with Crippen LogP contribution in [-0.2, 0) is 9.84 Å². The number of sulfone groups is 1. The van der Waals surface area contributed by atoms with Gasteiger partial charge >= 0.3 is 5.88 Å². The first-order valence-corrected chi connectivity index (χ1v) is 4.98. The zero-order valence-corrected chi connectivity index (χ0v) is 7.58. The predicted octanol–water partition coefficient (Wildman–Crippen LogP) is 0.596. The average molecular weight is 205 g/mol. The van der Waals surface area contributed by atoms with Gasteiger partial charge in [-0.1, -0.05) is 0 Å². The van der Waals surface area contributed by atoms with Gasteiger partial charge in [-0.2, -0.15) is 0 Å². The lowest BCUT2D eigenvalue weighted by Gasteiger charge is -1.93. The minimum Gasteiger partial charge on any atom is -0.450 e. The molecule has 0 atom stereocenters. The van der Waals surface area contributed by atoms with E-state index in [1.54, 1.807) is 6.92 Å². The molecule has 0 aliphatic rings. The van der Waals surface area contributed by atoms with Gasteiger partial charge in [-0.25, -0.2) is 8.42 Å². The van der Waals surface area contributed by atoms with Gasteiger partial charge in [0.05, 0.1) is 0 Å². The van der Waals surface area contributed by atoms with E-state index in [-0.39, 0.29) is 5.09 Å². The Morgan fingerprint density at radius 2 is 2.15 bits per heavy atom. The maximum atomic E-state index is 11.1. The summed E-state index contributed by atoms with van der Waals surface area (Å²) in [4.78, 5) is 9.07. The van der Waals surface area contributed by atoms with Gasteiger partial charge in [-0.3, -0.25) is 10.1 Å². The lowest BCUT2D eigenvalue weighted by atomic mass is 10.5. The van der Waals surface area contributed by atoms with Crippen molar-refractivity contribution < 1.29 is 17.8 Å². The molecular formula is C6H7NO5S. The summed E-state index contributed by atoms with van der Waals surface area (Å²) in [6, 6.07) is 2.64. The van der Waals surface area contributed by atoms with Crippen LogP contribution in [-0.4, -0.2) is 19.2 Å². The fourth-order valence-corrected chi connectivity index (χ4v) is 1.72. The second-order valence-electron chi connectivity index (χ2n) is 2.44. The Hall–Kier alpha value is -1.37. The van der Waals surface area contributed by atoms with Crippen LogP contribution in [0.2, 0.25) is 0 Å². The molecule has 1 heterocycles. The lowest BCUT2D eigenvalue weighted by molar-refractivity contribution is -0.458. The summed E-state index contributed by atoms with van der Waals surface area (Å²) in [5.41, 5.74) is 0. The summed E-state index contributed by atoms with van der Waals surface area (Å²) < 4.78 is 27.0. The lowest BCUT2D eigenvalue weighted by Crippen LogP contribution is -2.13. The molecule has 0 spiro atoms. The Morgan fingerprint density at radius 1 is 1.54 bits per heavy atom. The van der Waals surface area contributed by atoms with Crippen LogP contribution in [0, 0.1) is 17.0 Å². The summed E-state index contributed by atoms with van der Waals surface area (Å²) in [6.45, 7) is 1.56. The topological polar surface area (TPSA) is 90.4 Å². The number of furan rings is 1. The van der Waals surface area contributed by atoms with Crippen LogP contribution in [0.3, 0.4) is 0 Å². The molecule has 1 rings (SSSR count). The van der Waals surface area contributed by atoms with Crippen molar-refractivity contribution >= 4 is 9.84 Å². The normalized spacial score (nSPS) is 11.5. The highest BCUT2D eigenvalue weighted by Gasteiger charge is 2.24. The highest BCUT2D eigenvalue weighted by atomic mass is 32.2. The first-order valence-electron chi connectivity index (χ1n) is 3.33. The number of hydrogen-bond donors (Lipinski definition) is 0. The monoisotopic (exact) mass is 205 g/mol. The molecule has 7 heteroatoms. The first kappa shape index (κ1) is 9.72. The highest BCUT2D eigenvalue weighted by Crippen LogP contribution is 2.14. The van der Waals surface area contributed by atoms with Crippen molar-refractivity contribution in [3.05, 3.63) is 28.0 Å². The first-order chi connectivity index (χ1) is 5.92. The molecule has 0 unspecified atom stereocenters. The smallest absolute Gasteiger partial charge is 0.309 e. The molecule has 0 saturated carbocycles. The van der Waals surface area contributed by atoms with Gasteiger partial charge in [0, 0.05) is 4.92 Å². The Morgan fingerprint density at radius 3 is 2.54 bits per heavy atom. The van der Waals surface area contributed by atoms with Crippen molar-refractivity contribution in [3.63, 3.8) is 0 Å². The number of nitro groups is 1. The average Bonchev–Trinajstić information content (AvgIpc) is 2.32. The summed E-state index contributed by atoms with van der Waals surface area (Å²) in [7, 11) is -3.90. The zero-order valence-electron chi connectivity index (χ0n) is 6.76. The molecule has 0 aliphatic carbocycles. The molecular weight excluding hydrogens is 198 g/mol. The summed E-state index contributed by atoms with van der Waals surface area (Å²) >= 11 is 0.